The summed E-state index contributed by atoms with van der Waals surface area (Å²) in [4.78, 5) is 0. The summed E-state index contributed by atoms with van der Waals surface area (Å²) in [6.07, 6.45) is 1.23. The average molecular weight is 257 g/mol. The van der Waals surface area contributed by atoms with E-state index in [1.165, 1.54) is 6.26 Å². The van der Waals surface area contributed by atoms with Crippen molar-refractivity contribution < 1.29 is 13.2 Å². The molecule has 0 aromatic heterocycles. The van der Waals surface area contributed by atoms with Crippen molar-refractivity contribution in [1.82, 2.24) is 5.32 Å². The Morgan fingerprint density at radius 1 is 1.29 bits per heavy atom. The van der Waals surface area contributed by atoms with Gasteiger partial charge in [0.1, 0.15) is 22.2 Å². The van der Waals surface area contributed by atoms with Crippen LogP contribution < -0.4 is 10.1 Å². The number of benzene rings is 1. The number of hydrogen-bond acceptors (Lipinski definition) is 4. The second kappa shape index (κ2) is 6.61. The first-order chi connectivity index (χ1) is 7.97. The molecule has 0 fully saturated rings. The van der Waals surface area contributed by atoms with Crippen LogP contribution in [0.15, 0.2) is 24.3 Å². The van der Waals surface area contributed by atoms with Crippen LogP contribution in [-0.2, 0) is 9.84 Å². The molecule has 0 spiro atoms. The van der Waals surface area contributed by atoms with E-state index in [1.807, 2.05) is 31.2 Å². The maximum absolute atomic E-state index is 10.9. The molecule has 0 aliphatic carbocycles. The van der Waals surface area contributed by atoms with Crippen LogP contribution in [0.3, 0.4) is 0 Å². The Kier molecular flexibility index (Phi) is 5.44. The lowest BCUT2D eigenvalue weighted by Crippen LogP contribution is -2.26. The molecule has 0 heterocycles. The highest BCUT2D eigenvalue weighted by molar-refractivity contribution is 7.90. The van der Waals surface area contributed by atoms with Crippen LogP contribution in [0.2, 0.25) is 0 Å². The van der Waals surface area contributed by atoms with Gasteiger partial charge in [0.25, 0.3) is 0 Å². The van der Waals surface area contributed by atoms with Gasteiger partial charge < -0.3 is 10.1 Å². The van der Waals surface area contributed by atoms with Gasteiger partial charge in [-0.15, -0.1) is 0 Å². The summed E-state index contributed by atoms with van der Waals surface area (Å²) in [5.41, 5.74) is 1.16. The number of sulfone groups is 1. The lowest BCUT2D eigenvalue weighted by Gasteiger charge is -2.07. The van der Waals surface area contributed by atoms with Gasteiger partial charge in [0.2, 0.25) is 0 Å². The third-order valence-electron chi connectivity index (χ3n) is 2.19. The number of hydrogen-bond donors (Lipinski definition) is 1. The van der Waals surface area contributed by atoms with Crippen LogP contribution >= 0.6 is 0 Å². The summed E-state index contributed by atoms with van der Waals surface area (Å²) in [6.45, 7) is 3.66. The van der Waals surface area contributed by atoms with E-state index in [9.17, 15) is 8.42 Å². The highest BCUT2D eigenvalue weighted by atomic mass is 32.2. The SMILES string of the molecule is Cc1cccc(OCCNCCS(C)(=O)=O)c1. The van der Waals surface area contributed by atoms with Crippen molar-refractivity contribution >= 4 is 9.84 Å². The van der Waals surface area contributed by atoms with Gasteiger partial charge in [-0.05, 0) is 24.6 Å². The molecular formula is C12H19NO3S. The lowest BCUT2D eigenvalue weighted by molar-refractivity contribution is 0.315. The minimum Gasteiger partial charge on any atom is -0.492 e. The van der Waals surface area contributed by atoms with Gasteiger partial charge in [-0.3, -0.25) is 0 Å². The number of aryl methyl sites for hydroxylation is 1. The van der Waals surface area contributed by atoms with Crippen molar-refractivity contribution in [3.8, 4) is 5.75 Å². The molecule has 5 heteroatoms. The van der Waals surface area contributed by atoms with Gasteiger partial charge in [0, 0.05) is 19.3 Å². The Morgan fingerprint density at radius 2 is 2.06 bits per heavy atom. The minimum absolute atomic E-state index is 0.164. The highest BCUT2D eigenvalue weighted by Crippen LogP contribution is 2.11. The van der Waals surface area contributed by atoms with Crippen LogP contribution in [0.4, 0.5) is 0 Å². The van der Waals surface area contributed by atoms with E-state index in [0.29, 0.717) is 19.7 Å². The number of nitrogens with one attached hydrogen (secondary N) is 1. The van der Waals surface area contributed by atoms with Crippen LogP contribution in [-0.4, -0.2) is 40.1 Å². The molecule has 17 heavy (non-hydrogen) atoms. The first-order valence-corrected chi connectivity index (χ1v) is 7.61. The Labute approximate surface area is 103 Å². The predicted molar refractivity (Wildman–Crippen MR) is 69.3 cm³/mol. The lowest BCUT2D eigenvalue weighted by atomic mass is 10.2. The van der Waals surface area contributed by atoms with Crippen molar-refractivity contribution in [2.75, 3.05) is 31.7 Å². The molecule has 96 valence electrons. The second-order valence-electron chi connectivity index (χ2n) is 4.04. The van der Waals surface area contributed by atoms with Crippen molar-refractivity contribution in [3.63, 3.8) is 0 Å². The Bertz CT molecular complexity index is 443. The molecule has 0 radical (unpaired) electrons. The van der Waals surface area contributed by atoms with E-state index in [-0.39, 0.29) is 5.75 Å². The summed E-state index contributed by atoms with van der Waals surface area (Å²) in [5, 5.41) is 3.02. The first kappa shape index (κ1) is 14.0. The van der Waals surface area contributed by atoms with Crippen molar-refractivity contribution in [3.05, 3.63) is 29.8 Å². The molecule has 0 amide bonds. The summed E-state index contributed by atoms with van der Waals surface area (Å²) < 4.78 is 27.2. The number of rotatable bonds is 7. The van der Waals surface area contributed by atoms with E-state index >= 15 is 0 Å². The summed E-state index contributed by atoms with van der Waals surface area (Å²) in [7, 11) is -2.87. The Balaban J connectivity index is 2.13. The standard InChI is InChI=1S/C12H19NO3S/c1-11-4-3-5-12(10-11)16-8-6-13-7-9-17(2,14)15/h3-5,10,13H,6-9H2,1-2H3. The van der Waals surface area contributed by atoms with Crippen molar-refractivity contribution in [1.29, 1.82) is 0 Å². The fourth-order valence-electron chi connectivity index (χ4n) is 1.33. The largest absolute Gasteiger partial charge is 0.492 e. The molecule has 0 unspecified atom stereocenters. The molecule has 0 saturated heterocycles. The highest BCUT2D eigenvalue weighted by Gasteiger charge is 2.00. The van der Waals surface area contributed by atoms with Gasteiger partial charge in [-0.25, -0.2) is 8.42 Å². The molecule has 1 N–H and O–H groups in total. The molecule has 1 aromatic carbocycles. The third-order valence-corrected chi connectivity index (χ3v) is 3.13. The van der Waals surface area contributed by atoms with Crippen LogP contribution in [0, 0.1) is 6.92 Å². The Morgan fingerprint density at radius 3 is 2.71 bits per heavy atom. The summed E-state index contributed by atoms with van der Waals surface area (Å²) in [5.74, 6) is 1.01. The normalized spacial score (nSPS) is 11.4. The molecule has 4 nitrogen and oxygen atoms in total. The van der Waals surface area contributed by atoms with Crippen molar-refractivity contribution in [2.24, 2.45) is 0 Å². The predicted octanol–water partition coefficient (Wildman–Crippen LogP) is 1.01. The fraction of sp³-hybridized carbons (Fsp3) is 0.500. The monoisotopic (exact) mass is 257 g/mol. The minimum atomic E-state index is -2.87. The van der Waals surface area contributed by atoms with E-state index in [4.69, 9.17) is 4.74 Å². The molecule has 1 rings (SSSR count). The quantitative estimate of drug-likeness (QED) is 0.741. The van der Waals surface area contributed by atoms with Crippen molar-refractivity contribution in [2.45, 2.75) is 6.92 Å². The topological polar surface area (TPSA) is 55.4 Å². The fourth-order valence-corrected chi connectivity index (χ4v) is 1.84. The zero-order chi connectivity index (χ0) is 12.7. The first-order valence-electron chi connectivity index (χ1n) is 5.55. The zero-order valence-electron chi connectivity index (χ0n) is 10.3. The van der Waals surface area contributed by atoms with Gasteiger partial charge in [-0.2, -0.15) is 0 Å². The molecule has 0 aliphatic rings. The average Bonchev–Trinajstić information content (AvgIpc) is 2.22. The molecule has 0 aliphatic heterocycles. The summed E-state index contributed by atoms with van der Waals surface area (Å²) in [6, 6.07) is 7.83. The maximum Gasteiger partial charge on any atom is 0.148 e. The molecule has 1 aromatic rings. The molecular weight excluding hydrogens is 238 g/mol. The number of ether oxygens (including phenoxy) is 1. The Hall–Kier alpha value is -1.07. The third kappa shape index (κ3) is 6.97. The summed E-state index contributed by atoms with van der Waals surface area (Å²) >= 11 is 0. The van der Waals surface area contributed by atoms with Crippen LogP contribution in [0.5, 0.6) is 5.75 Å². The van der Waals surface area contributed by atoms with Gasteiger partial charge >= 0.3 is 0 Å². The van der Waals surface area contributed by atoms with E-state index in [1.54, 1.807) is 0 Å². The van der Waals surface area contributed by atoms with E-state index in [0.717, 1.165) is 11.3 Å². The smallest absolute Gasteiger partial charge is 0.148 e. The molecule has 0 bridgehead atoms. The van der Waals surface area contributed by atoms with E-state index in [2.05, 4.69) is 5.32 Å². The molecule has 0 saturated carbocycles. The van der Waals surface area contributed by atoms with E-state index < -0.39 is 9.84 Å². The van der Waals surface area contributed by atoms with Crippen LogP contribution in [0.1, 0.15) is 5.56 Å². The van der Waals surface area contributed by atoms with Gasteiger partial charge in [0.15, 0.2) is 0 Å². The zero-order valence-corrected chi connectivity index (χ0v) is 11.1. The maximum atomic E-state index is 10.9. The van der Waals surface area contributed by atoms with Gasteiger partial charge in [-0.1, -0.05) is 12.1 Å². The second-order valence-corrected chi connectivity index (χ2v) is 6.30. The van der Waals surface area contributed by atoms with Gasteiger partial charge in [0.05, 0.1) is 5.75 Å². The van der Waals surface area contributed by atoms with Crippen LogP contribution in [0.25, 0.3) is 0 Å². The molecule has 0 atom stereocenters.